The maximum absolute atomic E-state index is 6.47. The molecule has 0 bridgehead atoms. The van der Waals surface area contributed by atoms with Gasteiger partial charge < -0.3 is 14.7 Å². The van der Waals surface area contributed by atoms with Crippen LogP contribution in [0, 0.1) is 0 Å². The van der Waals surface area contributed by atoms with Gasteiger partial charge in [0.05, 0.1) is 23.3 Å². The number of rotatable bonds is 9. The third kappa shape index (κ3) is 7.60. The summed E-state index contributed by atoms with van der Waals surface area (Å²) in [4.78, 5) is 6.30. The van der Waals surface area contributed by atoms with Crippen molar-refractivity contribution in [2.45, 2.75) is 0 Å². The van der Waals surface area contributed by atoms with Crippen LogP contribution in [0.5, 0.6) is 0 Å². The van der Waals surface area contributed by atoms with Crippen LogP contribution in [0.15, 0.2) is 114 Å². The van der Waals surface area contributed by atoms with Crippen molar-refractivity contribution in [2.24, 2.45) is 0 Å². The molecule has 5 aromatic rings. The molecule has 4 heteroatoms. The quantitative estimate of drug-likeness (QED) is 0.131. The molecule has 0 aliphatic heterocycles. The summed E-state index contributed by atoms with van der Waals surface area (Å²) >= 11 is 0. The Balaban J connectivity index is 1.39. The number of hydrogen-bond donors (Lipinski definition) is 0. The predicted octanol–water partition coefficient (Wildman–Crippen LogP) is 9.43. The second kappa shape index (κ2) is 13.3. The fourth-order valence-corrected chi connectivity index (χ4v) is 4.74. The van der Waals surface area contributed by atoms with Gasteiger partial charge in [-0.1, -0.05) is 60.7 Å². The van der Waals surface area contributed by atoms with Gasteiger partial charge in [0.25, 0.3) is 0 Å². The summed E-state index contributed by atoms with van der Waals surface area (Å²) in [6.45, 7) is 0. The van der Waals surface area contributed by atoms with E-state index >= 15 is 0 Å². The van der Waals surface area contributed by atoms with Crippen LogP contribution in [0.25, 0.3) is 47.0 Å². The monoisotopic (exact) mass is 566 g/mol. The molecule has 0 radical (unpaired) electrons. The maximum atomic E-state index is 6.47. The Bertz CT molecular complexity index is 1630. The van der Waals surface area contributed by atoms with Crippen molar-refractivity contribution in [2.75, 3.05) is 57.0 Å². The normalized spacial score (nSPS) is 11.3. The van der Waals surface area contributed by atoms with E-state index < -0.39 is 0 Å². The number of anilines is 3. The molecule has 0 saturated carbocycles. The van der Waals surface area contributed by atoms with Crippen LogP contribution >= 0.6 is 0 Å². The first-order valence-corrected chi connectivity index (χ1v) is 14.5. The lowest BCUT2D eigenvalue weighted by Crippen LogP contribution is -2.08. The van der Waals surface area contributed by atoms with Gasteiger partial charge in [-0.05, 0) is 82.9 Å². The van der Waals surface area contributed by atoms with Crippen molar-refractivity contribution in [3.63, 3.8) is 0 Å². The lowest BCUT2D eigenvalue weighted by molar-refractivity contribution is 0.581. The first kappa shape index (κ1) is 29.4. The molecule has 216 valence electrons. The number of hydrogen-bond acceptors (Lipinski definition) is 3. The van der Waals surface area contributed by atoms with Crippen molar-refractivity contribution in [3.05, 3.63) is 131 Å². The van der Waals surface area contributed by atoms with Crippen molar-refractivity contribution >= 4 is 41.4 Å². The summed E-state index contributed by atoms with van der Waals surface area (Å²) in [7, 11) is 12.3. The number of benzene rings is 4. The van der Waals surface area contributed by atoms with Crippen LogP contribution in [0.4, 0.5) is 17.1 Å². The molecule has 0 spiro atoms. The minimum atomic E-state index is 0.832. The Labute approximate surface area is 256 Å². The van der Waals surface area contributed by atoms with Gasteiger partial charge in [0.2, 0.25) is 0 Å². The second-order valence-electron chi connectivity index (χ2n) is 11.3. The van der Waals surface area contributed by atoms with E-state index in [9.17, 15) is 0 Å². The predicted molar refractivity (Wildman–Crippen MR) is 188 cm³/mol. The van der Waals surface area contributed by atoms with E-state index in [1.807, 2.05) is 28.2 Å². The van der Waals surface area contributed by atoms with Crippen LogP contribution in [0.1, 0.15) is 22.3 Å². The maximum Gasteiger partial charge on any atom is 0.361 e. The van der Waals surface area contributed by atoms with E-state index in [4.69, 9.17) is 4.42 Å². The van der Waals surface area contributed by atoms with Gasteiger partial charge in [-0.25, -0.2) is 4.42 Å². The van der Waals surface area contributed by atoms with Gasteiger partial charge in [-0.3, -0.25) is 0 Å². The van der Waals surface area contributed by atoms with Gasteiger partial charge in [0.1, 0.15) is 0 Å². The summed E-state index contributed by atoms with van der Waals surface area (Å²) in [6, 6.07) is 38.3. The molecular weight excluding hydrogens is 526 g/mol. The average Bonchev–Trinajstić information content (AvgIpc) is 3.03. The molecule has 4 aromatic carbocycles. The highest BCUT2D eigenvalue weighted by Crippen LogP contribution is 2.31. The SMILES string of the molecule is CN(C)c1ccc(/C=C/c2ccc(/C=C/c3cc(-c4ccc(N(C)C)cc4)[o+]c(-c4ccc(N(C)C)cc4)c3)cc2)cc1. The molecule has 0 fully saturated rings. The third-order valence-corrected chi connectivity index (χ3v) is 7.43. The van der Waals surface area contributed by atoms with Crippen LogP contribution in [0.3, 0.4) is 0 Å². The highest BCUT2D eigenvalue weighted by Gasteiger charge is 2.19. The molecule has 4 nitrogen and oxygen atoms in total. The Morgan fingerprint density at radius 1 is 0.372 bits per heavy atom. The molecule has 5 rings (SSSR count). The van der Waals surface area contributed by atoms with E-state index in [-0.39, 0.29) is 0 Å². The zero-order valence-corrected chi connectivity index (χ0v) is 26.0. The third-order valence-electron chi connectivity index (χ3n) is 7.43. The highest BCUT2D eigenvalue weighted by molar-refractivity contribution is 5.77. The molecule has 0 aliphatic carbocycles. The van der Waals surface area contributed by atoms with E-state index in [2.05, 4.69) is 162 Å². The largest absolute Gasteiger partial charge is 0.378 e. The van der Waals surface area contributed by atoms with E-state index in [0.29, 0.717) is 0 Å². The van der Waals surface area contributed by atoms with E-state index in [1.165, 1.54) is 16.8 Å². The summed E-state index contributed by atoms with van der Waals surface area (Å²) in [6.07, 6.45) is 8.61. The molecule has 0 aliphatic rings. The average molecular weight is 567 g/mol. The number of nitrogens with zero attached hydrogens (tertiary/aromatic N) is 3. The molecule has 0 saturated heterocycles. The van der Waals surface area contributed by atoms with Gasteiger partial charge >= 0.3 is 11.5 Å². The van der Waals surface area contributed by atoms with Gasteiger partial charge in [0.15, 0.2) is 0 Å². The zero-order chi connectivity index (χ0) is 30.3. The second-order valence-corrected chi connectivity index (χ2v) is 11.3. The van der Waals surface area contributed by atoms with E-state index in [0.717, 1.165) is 45.1 Å². The smallest absolute Gasteiger partial charge is 0.361 e. The summed E-state index contributed by atoms with van der Waals surface area (Å²) < 4.78 is 6.47. The van der Waals surface area contributed by atoms with Crippen molar-refractivity contribution in [1.29, 1.82) is 0 Å². The Morgan fingerprint density at radius 3 is 0.977 bits per heavy atom. The molecule has 43 heavy (non-hydrogen) atoms. The van der Waals surface area contributed by atoms with Crippen molar-refractivity contribution in [3.8, 4) is 22.6 Å². The molecule has 0 unspecified atom stereocenters. The fraction of sp³-hybridized carbons (Fsp3) is 0.154. The lowest BCUT2D eigenvalue weighted by atomic mass is 10.0. The highest BCUT2D eigenvalue weighted by atomic mass is 16.3. The first-order chi connectivity index (χ1) is 20.7. The lowest BCUT2D eigenvalue weighted by Gasteiger charge is -2.12. The fourth-order valence-electron chi connectivity index (χ4n) is 4.74. The Morgan fingerprint density at radius 2 is 0.651 bits per heavy atom. The van der Waals surface area contributed by atoms with Gasteiger partial charge in [0, 0.05) is 59.3 Å². The zero-order valence-electron chi connectivity index (χ0n) is 26.0. The van der Waals surface area contributed by atoms with Crippen LogP contribution < -0.4 is 14.7 Å². The Hall–Kier alpha value is -5.09. The standard InChI is InChI=1S/C39H40N3O/c1-40(2)35-21-15-31(16-22-35)12-11-29-7-9-30(10-8-29)13-14-32-27-38(33-17-23-36(24-18-33)41(3)4)43-39(28-32)34-19-25-37(26-20-34)42(5)6/h7-28H,1-6H3/q+1/b12-11+,14-13+. The molecular formula is C39H40N3O+. The van der Waals surface area contributed by atoms with Gasteiger partial charge in [-0.15, -0.1) is 0 Å². The van der Waals surface area contributed by atoms with Crippen LogP contribution in [-0.4, -0.2) is 42.3 Å². The first-order valence-electron chi connectivity index (χ1n) is 14.5. The minimum Gasteiger partial charge on any atom is -0.378 e. The molecule has 1 aromatic heterocycles. The topological polar surface area (TPSA) is 21.0 Å². The van der Waals surface area contributed by atoms with E-state index in [1.54, 1.807) is 0 Å². The van der Waals surface area contributed by atoms with Crippen molar-refractivity contribution in [1.82, 2.24) is 0 Å². The molecule has 1 heterocycles. The summed E-state index contributed by atoms with van der Waals surface area (Å²) in [5, 5.41) is 0. The summed E-state index contributed by atoms with van der Waals surface area (Å²) in [5.41, 5.74) is 10.2. The molecule has 0 atom stereocenters. The molecule has 0 amide bonds. The van der Waals surface area contributed by atoms with Gasteiger partial charge in [-0.2, -0.15) is 0 Å². The minimum absolute atomic E-state index is 0.832. The molecule has 0 N–H and O–H groups in total. The van der Waals surface area contributed by atoms with Crippen molar-refractivity contribution < 1.29 is 4.42 Å². The Kier molecular flexibility index (Phi) is 9.07. The van der Waals surface area contributed by atoms with Crippen LogP contribution in [-0.2, 0) is 0 Å². The van der Waals surface area contributed by atoms with Crippen LogP contribution in [0.2, 0.25) is 0 Å². The summed E-state index contributed by atoms with van der Waals surface area (Å²) in [5.74, 6) is 1.66.